The van der Waals surface area contributed by atoms with Crippen LogP contribution >= 0.6 is 15.9 Å². The zero-order valence-electron chi connectivity index (χ0n) is 9.52. The quantitative estimate of drug-likeness (QED) is 0.804. The zero-order valence-corrected chi connectivity index (χ0v) is 11.1. The highest BCUT2D eigenvalue weighted by Crippen LogP contribution is 2.30. The number of hydrogen-bond donors (Lipinski definition) is 0. The third-order valence-corrected chi connectivity index (χ3v) is 3.02. The molecule has 0 aliphatic rings. The molecule has 6 heteroatoms. The van der Waals surface area contributed by atoms with Crippen LogP contribution in [0.1, 0.15) is 15.9 Å². The molecule has 0 atom stereocenters. The molecule has 0 amide bonds. The second kappa shape index (κ2) is 5.88. The van der Waals surface area contributed by atoms with E-state index in [0.29, 0.717) is 10.0 Å². The average Bonchev–Trinajstić information content (AvgIpc) is 2.38. The molecular formula is C13H8BrF2NO2. The number of pyridine rings is 1. The summed E-state index contributed by atoms with van der Waals surface area (Å²) < 4.78 is 29.4. The lowest BCUT2D eigenvalue weighted by atomic mass is 10.0. The summed E-state index contributed by atoms with van der Waals surface area (Å²) in [7, 11) is 0. The zero-order chi connectivity index (χ0) is 13.8. The first-order chi connectivity index (χ1) is 9.09. The van der Waals surface area contributed by atoms with Gasteiger partial charge in [0.2, 0.25) is 0 Å². The molecule has 0 saturated carbocycles. The maximum absolute atomic E-state index is 12.3. The van der Waals surface area contributed by atoms with Crippen LogP contribution in [-0.4, -0.2) is 17.4 Å². The lowest BCUT2D eigenvalue weighted by molar-refractivity contribution is -0.0501. The molecule has 0 saturated heterocycles. The van der Waals surface area contributed by atoms with E-state index in [1.54, 1.807) is 6.07 Å². The average molecular weight is 328 g/mol. The Hall–Kier alpha value is -1.82. The third kappa shape index (κ3) is 3.14. The van der Waals surface area contributed by atoms with Crippen molar-refractivity contribution in [3.05, 3.63) is 58.3 Å². The summed E-state index contributed by atoms with van der Waals surface area (Å²) in [6.45, 7) is -2.99. The fourth-order valence-electron chi connectivity index (χ4n) is 1.57. The van der Waals surface area contributed by atoms with E-state index in [4.69, 9.17) is 0 Å². The van der Waals surface area contributed by atoms with E-state index in [0.717, 1.165) is 0 Å². The van der Waals surface area contributed by atoms with Crippen molar-refractivity contribution in [2.24, 2.45) is 0 Å². The van der Waals surface area contributed by atoms with Crippen LogP contribution < -0.4 is 4.74 Å². The number of carbonyl (C=O) groups is 1. The van der Waals surface area contributed by atoms with Gasteiger partial charge in [0.05, 0.1) is 5.56 Å². The van der Waals surface area contributed by atoms with Crippen molar-refractivity contribution in [2.45, 2.75) is 6.61 Å². The molecule has 2 rings (SSSR count). The van der Waals surface area contributed by atoms with E-state index < -0.39 is 12.4 Å². The predicted octanol–water partition coefficient (Wildman–Crippen LogP) is 3.68. The monoisotopic (exact) mass is 327 g/mol. The maximum Gasteiger partial charge on any atom is 0.387 e. The van der Waals surface area contributed by atoms with Crippen LogP contribution in [0.25, 0.3) is 0 Å². The van der Waals surface area contributed by atoms with E-state index >= 15 is 0 Å². The number of halogens is 3. The van der Waals surface area contributed by atoms with Gasteiger partial charge in [-0.15, -0.1) is 0 Å². The van der Waals surface area contributed by atoms with Crippen LogP contribution in [-0.2, 0) is 0 Å². The van der Waals surface area contributed by atoms with E-state index in [-0.39, 0.29) is 11.3 Å². The van der Waals surface area contributed by atoms with E-state index in [9.17, 15) is 13.6 Å². The van der Waals surface area contributed by atoms with E-state index in [1.807, 2.05) is 0 Å². The molecule has 0 aliphatic carbocycles. The number of aromatic nitrogens is 1. The minimum atomic E-state index is -2.99. The summed E-state index contributed by atoms with van der Waals surface area (Å²) in [5.74, 6) is -0.572. The molecule has 1 aromatic heterocycles. The first-order valence-electron chi connectivity index (χ1n) is 5.27. The molecule has 0 fully saturated rings. The van der Waals surface area contributed by atoms with Crippen molar-refractivity contribution < 1.29 is 18.3 Å². The second-order valence-corrected chi connectivity index (χ2v) is 4.41. The summed E-state index contributed by atoms with van der Waals surface area (Å²) in [6.07, 6.45) is 2.91. The van der Waals surface area contributed by atoms with Gasteiger partial charge >= 0.3 is 6.61 Å². The van der Waals surface area contributed by atoms with Gasteiger partial charge in [-0.25, -0.2) is 0 Å². The van der Waals surface area contributed by atoms with Gasteiger partial charge in [0.1, 0.15) is 5.75 Å². The molecule has 1 aromatic carbocycles. The van der Waals surface area contributed by atoms with Crippen LogP contribution in [0.3, 0.4) is 0 Å². The van der Waals surface area contributed by atoms with Crippen molar-refractivity contribution in [2.75, 3.05) is 0 Å². The molecular weight excluding hydrogens is 320 g/mol. The molecule has 0 bridgehead atoms. The molecule has 3 nitrogen and oxygen atoms in total. The number of rotatable bonds is 4. The molecule has 0 spiro atoms. The van der Waals surface area contributed by atoms with Crippen molar-refractivity contribution in [1.29, 1.82) is 0 Å². The maximum atomic E-state index is 12.3. The van der Waals surface area contributed by atoms with Gasteiger partial charge in [0.25, 0.3) is 0 Å². The lowest BCUT2D eigenvalue weighted by Crippen LogP contribution is -2.09. The Bertz CT molecular complexity index is 590. The van der Waals surface area contributed by atoms with Gasteiger partial charge in [-0.05, 0) is 40.2 Å². The Morgan fingerprint density at radius 1 is 1.21 bits per heavy atom. The van der Waals surface area contributed by atoms with Crippen molar-refractivity contribution in [3.8, 4) is 5.75 Å². The largest absolute Gasteiger partial charge is 0.434 e. The van der Waals surface area contributed by atoms with E-state index in [1.165, 1.54) is 36.7 Å². The molecule has 2 aromatic rings. The Balaban J connectivity index is 2.46. The van der Waals surface area contributed by atoms with Crippen molar-refractivity contribution in [1.82, 2.24) is 4.98 Å². The van der Waals surface area contributed by atoms with E-state index in [2.05, 4.69) is 25.7 Å². The number of ketones is 1. The number of nitrogens with zero attached hydrogens (tertiary/aromatic N) is 1. The summed E-state index contributed by atoms with van der Waals surface area (Å²) in [5.41, 5.74) is 0.412. The Morgan fingerprint density at radius 2 is 1.89 bits per heavy atom. The molecule has 0 aliphatic heterocycles. The number of hydrogen-bond acceptors (Lipinski definition) is 3. The molecule has 0 radical (unpaired) electrons. The van der Waals surface area contributed by atoms with Gasteiger partial charge in [0.15, 0.2) is 5.78 Å². The lowest BCUT2D eigenvalue weighted by Gasteiger charge is -2.11. The first-order valence-corrected chi connectivity index (χ1v) is 6.07. The standard InChI is InChI=1S/C13H8BrF2NO2/c14-9-2-1-3-10(19-13(15)16)11(9)12(18)8-4-6-17-7-5-8/h1-7,13H. The van der Waals surface area contributed by atoms with Gasteiger partial charge in [0, 0.05) is 22.4 Å². The second-order valence-electron chi connectivity index (χ2n) is 3.56. The van der Waals surface area contributed by atoms with Gasteiger partial charge in [-0.2, -0.15) is 8.78 Å². The number of alkyl halides is 2. The minimum absolute atomic E-state index is 0.0639. The minimum Gasteiger partial charge on any atom is -0.434 e. The molecule has 98 valence electrons. The Labute approximate surface area is 116 Å². The highest BCUT2D eigenvalue weighted by atomic mass is 79.9. The van der Waals surface area contributed by atoms with Crippen LogP contribution in [0.15, 0.2) is 47.2 Å². The molecule has 1 heterocycles. The topological polar surface area (TPSA) is 39.2 Å². The first kappa shape index (κ1) is 13.6. The fourth-order valence-corrected chi connectivity index (χ4v) is 2.09. The summed E-state index contributed by atoms with van der Waals surface area (Å²) >= 11 is 3.17. The molecule has 19 heavy (non-hydrogen) atoms. The smallest absolute Gasteiger partial charge is 0.387 e. The SMILES string of the molecule is O=C(c1ccncc1)c1c(Br)cccc1OC(F)F. The normalized spacial score (nSPS) is 10.5. The van der Waals surface area contributed by atoms with Gasteiger partial charge in [-0.3, -0.25) is 9.78 Å². The highest BCUT2D eigenvalue weighted by Gasteiger charge is 2.20. The number of ether oxygens (including phenoxy) is 1. The van der Waals surface area contributed by atoms with Crippen LogP contribution in [0.5, 0.6) is 5.75 Å². The summed E-state index contributed by atoms with van der Waals surface area (Å²) in [6, 6.07) is 7.45. The number of benzene rings is 1. The van der Waals surface area contributed by atoms with Gasteiger partial charge < -0.3 is 4.74 Å². The molecule has 0 N–H and O–H groups in total. The Kier molecular flexibility index (Phi) is 4.21. The fraction of sp³-hybridized carbons (Fsp3) is 0.0769. The number of carbonyl (C=O) groups excluding carboxylic acids is 1. The predicted molar refractivity (Wildman–Crippen MR) is 68.4 cm³/mol. The van der Waals surface area contributed by atoms with Crippen molar-refractivity contribution in [3.63, 3.8) is 0 Å². The van der Waals surface area contributed by atoms with Crippen LogP contribution in [0.4, 0.5) is 8.78 Å². The van der Waals surface area contributed by atoms with Crippen molar-refractivity contribution >= 4 is 21.7 Å². The summed E-state index contributed by atoms with van der Waals surface area (Å²) in [4.78, 5) is 16.1. The Morgan fingerprint density at radius 3 is 2.53 bits per heavy atom. The summed E-state index contributed by atoms with van der Waals surface area (Å²) in [5, 5.41) is 0. The highest BCUT2D eigenvalue weighted by molar-refractivity contribution is 9.10. The molecule has 0 unspecified atom stereocenters. The van der Waals surface area contributed by atoms with Gasteiger partial charge in [-0.1, -0.05) is 6.07 Å². The van der Waals surface area contributed by atoms with Crippen LogP contribution in [0.2, 0.25) is 0 Å². The third-order valence-electron chi connectivity index (χ3n) is 2.36. The van der Waals surface area contributed by atoms with Crippen LogP contribution in [0, 0.1) is 0 Å².